The predicted octanol–water partition coefficient (Wildman–Crippen LogP) is 5.30. The van der Waals surface area contributed by atoms with E-state index in [2.05, 4.69) is 77.2 Å². The Morgan fingerprint density at radius 2 is 1.82 bits per heavy atom. The zero-order valence-electron chi connectivity index (χ0n) is 20.0. The molecule has 2 heterocycles. The van der Waals surface area contributed by atoms with Gasteiger partial charge in [0, 0.05) is 25.0 Å². The van der Waals surface area contributed by atoms with Crippen LogP contribution in [0.1, 0.15) is 56.6 Å². The summed E-state index contributed by atoms with van der Waals surface area (Å²) in [6.45, 7) is 6.97. The Hall–Kier alpha value is -2.82. The van der Waals surface area contributed by atoms with Crippen LogP contribution >= 0.6 is 0 Å². The third-order valence-corrected chi connectivity index (χ3v) is 7.65. The standard InChI is InChI=1S/C28H36N4O/c1-20-8-7-10-22(18-20)19-32-26-13-6-5-12-25(26)30-28(32)31-16-14-23(15-17-31)27(33)29-24-11-4-3-9-21(24)2/h5-8,10,12-13,18,21,23-24H,3-4,9,11,14-17,19H2,1-2H3,(H,29,33). The summed E-state index contributed by atoms with van der Waals surface area (Å²) >= 11 is 0. The van der Waals surface area contributed by atoms with Crippen LogP contribution in [0.25, 0.3) is 11.0 Å². The molecule has 2 unspecified atom stereocenters. The van der Waals surface area contributed by atoms with Crippen molar-refractivity contribution in [3.63, 3.8) is 0 Å². The van der Waals surface area contributed by atoms with E-state index in [0.29, 0.717) is 12.0 Å². The number of rotatable bonds is 5. The molecule has 0 spiro atoms. The van der Waals surface area contributed by atoms with Gasteiger partial charge >= 0.3 is 0 Å². The Balaban J connectivity index is 1.30. The van der Waals surface area contributed by atoms with Crippen molar-refractivity contribution in [2.24, 2.45) is 11.8 Å². The van der Waals surface area contributed by atoms with E-state index in [1.807, 2.05) is 0 Å². The van der Waals surface area contributed by atoms with E-state index in [9.17, 15) is 4.79 Å². The first-order chi connectivity index (χ1) is 16.1. The quantitative estimate of drug-likeness (QED) is 0.581. The number of anilines is 1. The number of carbonyl (C=O) groups is 1. The van der Waals surface area contributed by atoms with Crippen molar-refractivity contribution < 1.29 is 4.79 Å². The van der Waals surface area contributed by atoms with Gasteiger partial charge in [-0.2, -0.15) is 0 Å². The number of nitrogens with zero attached hydrogens (tertiary/aromatic N) is 3. The molecule has 5 nitrogen and oxygen atoms in total. The SMILES string of the molecule is Cc1cccc(Cn2c(N3CCC(C(=O)NC4CCCCC4C)CC3)nc3ccccc32)c1. The summed E-state index contributed by atoms with van der Waals surface area (Å²) in [6, 6.07) is 17.5. The number of para-hydroxylation sites is 2. The molecule has 2 atom stereocenters. The number of piperidine rings is 1. The maximum Gasteiger partial charge on any atom is 0.223 e. The van der Waals surface area contributed by atoms with Crippen molar-refractivity contribution in [3.8, 4) is 0 Å². The zero-order chi connectivity index (χ0) is 22.8. The van der Waals surface area contributed by atoms with Gasteiger partial charge in [0.25, 0.3) is 0 Å². The molecule has 2 aliphatic rings. The topological polar surface area (TPSA) is 50.2 Å². The van der Waals surface area contributed by atoms with Crippen molar-refractivity contribution in [1.82, 2.24) is 14.9 Å². The van der Waals surface area contributed by atoms with Gasteiger partial charge in [-0.3, -0.25) is 4.79 Å². The maximum atomic E-state index is 13.0. The number of aromatic nitrogens is 2. The predicted molar refractivity (Wildman–Crippen MR) is 135 cm³/mol. The lowest BCUT2D eigenvalue weighted by atomic mass is 9.85. The van der Waals surface area contributed by atoms with E-state index in [4.69, 9.17) is 4.98 Å². The molecule has 0 radical (unpaired) electrons. The van der Waals surface area contributed by atoms with Crippen LogP contribution in [0.3, 0.4) is 0 Å². The largest absolute Gasteiger partial charge is 0.353 e. The molecule has 3 aromatic rings. The van der Waals surface area contributed by atoms with Crippen LogP contribution in [-0.2, 0) is 11.3 Å². The molecule has 5 heteroatoms. The Bertz CT molecular complexity index is 1110. The van der Waals surface area contributed by atoms with Crippen molar-refractivity contribution in [3.05, 3.63) is 59.7 Å². The fourth-order valence-electron chi connectivity index (χ4n) is 5.63. The van der Waals surface area contributed by atoms with E-state index in [1.54, 1.807) is 0 Å². The van der Waals surface area contributed by atoms with Gasteiger partial charge < -0.3 is 14.8 Å². The maximum absolute atomic E-state index is 13.0. The molecule has 1 aromatic heterocycles. The minimum absolute atomic E-state index is 0.116. The van der Waals surface area contributed by atoms with Gasteiger partial charge in [-0.1, -0.05) is 61.7 Å². The second-order valence-electron chi connectivity index (χ2n) is 10.1. The number of carbonyl (C=O) groups excluding carboxylic acids is 1. The summed E-state index contributed by atoms with van der Waals surface area (Å²) in [4.78, 5) is 20.4. The normalized spacial score (nSPS) is 21.9. The Labute approximate surface area is 197 Å². The molecular weight excluding hydrogens is 408 g/mol. The Morgan fingerprint density at radius 1 is 1.03 bits per heavy atom. The number of nitrogens with one attached hydrogen (secondary N) is 1. The number of imidazole rings is 1. The second-order valence-corrected chi connectivity index (χ2v) is 10.1. The second kappa shape index (κ2) is 9.58. The van der Waals surface area contributed by atoms with Gasteiger partial charge in [-0.25, -0.2) is 4.98 Å². The molecule has 1 aliphatic carbocycles. The fraction of sp³-hybridized carbons (Fsp3) is 0.500. The summed E-state index contributed by atoms with van der Waals surface area (Å²) in [5, 5.41) is 3.39. The summed E-state index contributed by atoms with van der Waals surface area (Å²) in [7, 11) is 0. The molecule has 1 saturated carbocycles. The smallest absolute Gasteiger partial charge is 0.223 e. The van der Waals surface area contributed by atoms with Gasteiger partial charge in [0.15, 0.2) is 0 Å². The highest BCUT2D eigenvalue weighted by molar-refractivity contribution is 5.80. The zero-order valence-corrected chi connectivity index (χ0v) is 20.0. The highest BCUT2D eigenvalue weighted by atomic mass is 16.2. The lowest BCUT2D eigenvalue weighted by Crippen LogP contribution is -2.47. The van der Waals surface area contributed by atoms with Crippen LogP contribution in [0.15, 0.2) is 48.5 Å². The van der Waals surface area contributed by atoms with Gasteiger partial charge in [-0.15, -0.1) is 0 Å². The van der Waals surface area contributed by atoms with Crippen LogP contribution in [0.5, 0.6) is 0 Å². The van der Waals surface area contributed by atoms with Crippen molar-refractivity contribution in [1.29, 1.82) is 0 Å². The molecule has 0 bridgehead atoms. The molecule has 1 N–H and O–H groups in total. The van der Waals surface area contributed by atoms with Crippen molar-refractivity contribution in [2.75, 3.05) is 18.0 Å². The molecule has 2 fully saturated rings. The van der Waals surface area contributed by atoms with Gasteiger partial charge in [0.1, 0.15) is 0 Å². The summed E-state index contributed by atoms with van der Waals surface area (Å²) in [5.41, 5.74) is 4.76. The molecule has 174 valence electrons. The van der Waals surface area contributed by atoms with Crippen LogP contribution in [0, 0.1) is 18.8 Å². The lowest BCUT2D eigenvalue weighted by molar-refractivity contribution is -0.126. The van der Waals surface area contributed by atoms with Crippen molar-refractivity contribution in [2.45, 2.75) is 65.0 Å². The molecule has 1 aliphatic heterocycles. The average molecular weight is 445 g/mol. The average Bonchev–Trinajstić information content (AvgIpc) is 3.19. The number of fused-ring (bicyclic) bond motifs is 1. The highest BCUT2D eigenvalue weighted by Gasteiger charge is 2.30. The van der Waals surface area contributed by atoms with Gasteiger partial charge in [0.05, 0.1) is 17.6 Å². The van der Waals surface area contributed by atoms with Crippen LogP contribution in [0.2, 0.25) is 0 Å². The third-order valence-electron chi connectivity index (χ3n) is 7.65. The summed E-state index contributed by atoms with van der Waals surface area (Å²) in [6.07, 6.45) is 6.69. The third kappa shape index (κ3) is 4.78. The number of hydrogen-bond acceptors (Lipinski definition) is 3. The first-order valence-electron chi connectivity index (χ1n) is 12.6. The van der Waals surface area contributed by atoms with Crippen LogP contribution in [-0.4, -0.2) is 34.6 Å². The highest BCUT2D eigenvalue weighted by Crippen LogP contribution is 2.29. The number of amides is 1. The van der Waals surface area contributed by atoms with E-state index >= 15 is 0 Å². The molecule has 1 amide bonds. The van der Waals surface area contributed by atoms with E-state index < -0.39 is 0 Å². The molecular formula is C28H36N4O. The van der Waals surface area contributed by atoms with Crippen LogP contribution in [0.4, 0.5) is 5.95 Å². The lowest BCUT2D eigenvalue weighted by Gasteiger charge is -2.35. The minimum atomic E-state index is 0.116. The molecule has 5 rings (SSSR count). The van der Waals surface area contributed by atoms with E-state index in [1.165, 1.54) is 35.9 Å². The Morgan fingerprint density at radius 3 is 2.61 bits per heavy atom. The van der Waals surface area contributed by atoms with E-state index in [-0.39, 0.29) is 11.8 Å². The first-order valence-corrected chi connectivity index (χ1v) is 12.6. The summed E-state index contributed by atoms with van der Waals surface area (Å²) in [5.74, 6) is 2.01. The summed E-state index contributed by atoms with van der Waals surface area (Å²) < 4.78 is 2.34. The fourth-order valence-corrected chi connectivity index (χ4v) is 5.63. The van der Waals surface area contributed by atoms with Gasteiger partial charge in [0.2, 0.25) is 11.9 Å². The molecule has 1 saturated heterocycles. The van der Waals surface area contributed by atoms with Crippen LogP contribution < -0.4 is 10.2 Å². The van der Waals surface area contributed by atoms with Gasteiger partial charge in [-0.05, 0) is 56.2 Å². The Kier molecular flexibility index (Phi) is 6.39. The number of hydrogen-bond donors (Lipinski definition) is 1. The molecule has 33 heavy (non-hydrogen) atoms. The van der Waals surface area contributed by atoms with Crippen molar-refractivity contribution >= 4 is 22.9 Å². The number of aryl methyl sites for hydroxylation is 1. The van der Waals surface area contributed by atoms with E-state index in [0.717, 1.165) is 50.4 Å². The monoisotopic (exact) mass is 444 g/mol. The minimum Gasteiger partial charge on any atom is -0.353 e. The molecule has 2 aromatic carbocycles. The first kappa shape index (κ1) is 22.0. The number of benzene rings is 2.